The lowest BCUT2D eigenvalue weighted by Gasteiger charge is -2.32. The predicted octanol–water partition coefficient (Wildman–Crippen LogP) is 9.91. The smallest absolute Gasteiger partial charge is 0.176 e. The molecule has 1 unspecified atom stereocenters. The van der Waals surface area contributed by atoms with E-state index in [9.17, 15) is 13.2 Å². The summed E-state index contributed by atoms with van der Waals surface area (Å²) >= 11 is 0. The van der Waals surface area contributed by atoms with Gasteiger partial charge < -0.3 is 0 Å². The summed E-state index contributed by atoms with van der Waals surface area (Å²) in [5.41, 5.74) is 1.44. The van der Waals surface area contributed by atoms with Crippen LogP contribution in [0.4, 0.5) is 26.3 Å². The first kappa shape index (κ1) is 30.2. The van der Waals surface area contributed by atoms with Crippen molar-refractivity contribution in [2.24, 2.45) is 5.92 Å². The summed E-state index contributed by atoms with van der Waals surface area (Å²) in [5, 5.41) is 8.92. The van der Waals surface area contributed by atoms with Crippen LogP contribution >= 0.6 is 0 Å². The molecular formula is C35H35F6N. The Morgan fingerprint density at radius 2 is 1.50 bits per heavy atom. The average molecular weight is 584 g/mol. The lowest BCUT2D eigenvalue weighted by atomic mass is 9.73. The minimum absolute atomic E-state index is 0.00558. The first-order valence-electron chi connectivity index (χ1n) is 15.1. The molecule has 3 aromatic rings. The average Bonchev–Trinajstić information content (AvgIpc) is 3.00. The first-order chi connectivity index (χ1) is 20.2. The molecule has 1 fully saturated rings. The third-order valence-electron chi connectivity index (χ3n) is 9.42. The fourth-order valence-corrected chi connectivity index (χ4v) is 6.94. The van der Waals surface area contributed by atoms with E-state index in [1.165, 1.54) is 12.1 Å². The fraction of sp³-hybridized carbons (Fsp3) is 0.457. The molecule has 0 heterocycles. The van der Waals surface area contributed by atoms with E-state index in [0.717, 1.165) is 24.8 Å². The third kappa shape index (κ3) is 5.96. The quantitative estimate of drug-likeness (QED) is 0.191. The molecule has 0 N–H and O–H groups in total. The van der Waals surface area contributed by atoms with Gasteiger partial charge in [0, 0.05) is 5.56 Å². The number of benzene rings is 3. The maximum Gasteiger partial charge on any atom is 0.176 e. The number of fused-ring (bicyclic) bond motifs is 1. The second-order valence-electron chi connectivity index (χ2n) is 12.0. The molecule has 0 aliphatic heterocycles. The largest absolute Gasteiger partial charge is 0.207 e. The molecule has 0 aromatic heterocycles. The van der Waals surface area contributed by atoms with Crippen molar-refractivity contribution in [3.63, 3.8) is 0 Å². The van der Waals surface area contributed by atoms with Gasteiger partial charge in [0.05, 0.1) is 5.56 Å². The van der Waals surface area contributed by atoms with Gasteiger partial charge in [0.2, 0.25) is 0 Å². The van der Waals surface area contributed by atoms with E-state index < -0.39 is 35.0 Å². The Bertz CT molecular complexity index is 1500. The molecule has 1 nitrogen and oxygen atoms in total. The minimum Gasteiger partial charge on any atom is -0.207 e. The highest BCUT2D eigenvalue weighted by molar-refractivity contribution is 5.41. The zero-order valence-electron chi connectivity index (χ0n) is 23.8. The highest BCUT2D eigenvalue weighted by Crippen LogP contribution is 2.45. The molecule has 0 amide bonds. The molecule has 7 heteroatoms. The van der Waals surface area contributed by atoms with Crippen molar-refractivity contribution in [3.8, 4) is 6.07 Å². The number of hydrogen-bond acceptors (Lipinski definition) is 1. The Labute approximate surface area is 243 Å². The zero-order valence-corrected chi connectivity index (χ0v) is 23.8. The van der Waals surface area contributed by atoms with Crippen LogP contribution in [0.2, 0.25) is 0 Å². The maximum atomic E-state index is 15.8. The lowest BCUT2D eigenvalue weighted by molar-refractivity contribution is 0.348. The number of halogens is 6. The van der Waals surface area contributed by atoms with Gasteiger partial charge in [-0.15, -0.1) is 0 Å². The van der Waals surface area contributed by atoms with Gasteiger partial charge in [0.15, 0.2) is 23.3 Å². The van der Waals surface area contributed by atoms with Crippen LogP contribution in [0.3, 0.4) is 0 Å². The Kier molecular flexibility index (Phi) is 9.30. The SMILES string of the molecule is CCCCc1ccc(CCC2CCc3c(F)c(C4CCC(c5ccc(C#N)c(F)c5F)CC4)c(F)c(F)c3C2)c(F)c1. The van der Waals surface area contributed by atoms with Crippen LogP contribution in [0, 0.1) is 52.2 Å². The molecule has 0 radical (unpaired) electrons. The third-order valence-corrected chi connectivity index (χ3v) is 9.42. The van der Waals surface area contributed by atoms with Crippen LogP contribution in [0.1, 0.15) is 109 Å². The van der Waals surface area contributed by atoms with E-state index in [1.807, 2.05) is 12.1 Å². The van der Waals surface area contributed by atoms with Crippen molar-refractivity contribution in [1.29, 1.82) is 5.26 Å². The highest BCUT2D eigenvalue weighted by atomic mass is 19.2. The van der Waals surface area contributed by atoms with E-state index in [-0.39, 0.29) is 51.9 Å². The summed E-state index contributed by atoms with van der Waals surface area (Å²) in [5.74, 6) is -6.24. The standard InChI is InChI=1S/C35H35F6N/c1-2-3-4-20-5-8-23(29(36)18-20)9-6-21-7-15-27-28(17-21)34(40)35(41)30(32(27)38)24-12-10-22(11-13-24)26-16-14-25(19-42)31(37)33(26)39/h5,8,14,16,18,21-22,24H,2-4,6-7,9-13,15,17H2,1H3. The summed E-state index contributed by atoms with van der Waals surface area (Å²) in [4.78, 5) is 0. The molecular weight excluding hydrogens is 548 g/mol. The molecule has 5 rings (SSSR count). The van der Waals surface area contributed by atoms with Crippen LogP contribution in [0.15, 0.2) is 30.3 Å². The van der Waals surface area contributed by atoms with E-state index in [1.54, 1.807) is 12.1 Å². The monoisotopic (exact) mass is 583 g/mol. The van der Waals surface area contributed by atoms with Crippen LogP contribution in [-0.4, -0.2) is 0 Å². The van der Waals surface area contributed by atoms with Gasteiger partial charge in [-0.2, -0.15) is 5.26 Å². The Hall–Kier alpha value is -3.27. The molecule has 2 aliphatic carbocycles. The van der Waals surface area contributed by atoms with Gasteiger partial charge in [0.25, 0.3) is 0 Å². The Morgan fingerprint density at radius 1 is 0.762 bits per heavy atom. The Morgan fingerprint density at radius 3 is 2.19 bits per heavy atom. The van der Waals surface area contributed by atoms with E-state index in [4.69, 9.17) is 5.26 Å². The molecule has 3 aromatic carbocycles. The molecule has 1 saturated carbocycles. The number of unbranched alkanes of at least 4 members (excludes halogenated alkanes) is 1. The molecule has 42 heavy (non-hydrogen) atoms. The van der Waals surface area contributed by atoms with E-state index >= 15 is 13.2 Å². The molecule has 0 spiro atoms. The van der Waals surface area contributed by atoms with Gasteiger partial charge in [0.1, 0.15) is 17.7 Å². The van der Waals surface area contributed by atoms with Crippen molar-refractivity contribution in [2.75, 3.05) is 0 Å². The van der Waals surface area contributed by atoms with Gasteiger partial charge in [-0.3, -0.25) is 0 Å². The summed E-state index contributed by atoms with van der Waals surface area (Å²) in [6, 6.07) is 9.60. The van der Waals surface area contributed by atoms with Crippen molar-refractivity contribution < 1.29 is 26.3 Å². The van der Waals surface area contributed by atoms with Crippen molar-refractivity contribution in [2.45, 2.75) is 95.8 Å². The van der Waals surface area contributed by atoms with Gasteiger partial charge in [-0.05, 0) is 128 Å². The van der Waals surface area contributed by atoms with Crippen molar-refractivity contribution in [1.82, 2.24) is 0 Å². The maximum absolute atomic E-state index is 15.8. The summed E-state index contributed by atoms with van der Waals surface area (Å²) in [6.45, 7) is 2.09. The van der Waals surface area contributed by atoms with Crippen LogP contribution in [-0.2, 0) is 25.7 Å². The van der Waals surface area contributed by atoms with E-state index in [0.29, 0.717) is 56.9 Å². The molecule has 2 aliphatic rings. The van der Waals surface area contributed by atoms with Crippen molar-refractivity contribution in [3.05, 3.63) is 104 Å². The van der Waals surface area contributed by atoms with E-state index in [2.05, 4.69) is 6.92 Å². The van der Waals surface area contributed by atoms with Crippen LogP contribution in [0.5, 0.6) is 0 Å². The number of nitriles is 1. The van der Waals surface area contributed by atoms with Crippen LogP contribution in [0.25, 0.3) is 0 Å². The van der Waals surface area contributed by atoms with Gasteiger partial charge in [-0.1, -0.05) is 31.5 Å². The Balaban J connectivity index is 1.26. The summed E-state index contributed by atoms with van der Waals surface area (Å²) in [6.07, 6.45) is 6.42. The number of aryl methyl sites for hydroxylation is 2. The topological polar surface area (TPSA) is 23.8 Å². The first-order valence-corrected chi connectivity index (χ1v) is 15.1. The fourth-order valence-electron chi connectivity index (χ4n) is 6.94. The summed E-state index contributed by atoms with van der Waals surface area (Å²) < 4.78 is 89.9. The predicted molar refractivity (Wildman–Crippen MR) is 150 cm³/mol. The number of rotatable bonds is 8. The molecule has 0 bridgehead atoms. The highest BCUT2D eigenvalue weighted by Gasteiger charge is 2.35. The number of nitrogens with zero attached hydrogens (tertiary/aromatic N) is 1. The number of hydrogen-bond donors (Lipinski definition) is 0. The second kappa shape index (κ2) is 12.9. The molecule has 222 valence electrons. The second-order valence-corrected chi connectivity index (χ2v) is 12.0. The molecule has 0 saturated heterocycles. The van der Waals surface area contributed by atoms with Crippen molar-refractivity contribution >= 4 is 0 Å². The summed E-state index contributed by atoms with van der Waals surface area (Å²) in [7, 11) is 0. The molecule has 1 atom stereocenters. The van der Waals surface area contributed by atoms with Gasteiger partial charge in [-0.25, -0.2) is 26.3 Å². The normalized spacial score (nSPS) is 20.3. The lowest BCUT2D eigenvalue weighted by Crippen LogP contribution is -2.23. The van der Waals surface area contributed by atoms with Gasteiger partial charge >= 0.3 is 0 Å². The van der Waals surface area contributed by atoms with Crippen LogP contribution < -0.4 is 0 Å². The minimum atomic E-state index is -1.19. The zero-order chi connectivity index (χ0) is 30.0.